The van der Waals surface area contributed by atoms with E-state index in [1.54, 1.807) is 35.2 Å². The van der Waals surface area contributed by atoms with Crippen molar-refractivity contribution in [1.82, 2.24) is 0 Å². The maximum absolute atomic E-state index is 13.9. The summed E-state index contributed by atoms with van der Waals surface area (Å²) in [6.45, 7) is 5.94. The predicted octanol–water partition coefficient (Wildman–Crippen LogP) is 7.21. The van der Waals surface area contributed by atoms with Gasteiger partial charge in [0.05, 0.1) is 5.69 Å². The molecule has 1 heterocycles. The zero-order chi connectivity index (χ0) is 27.6. The van der Waals surface area contributed by atoms with E-state index >= 15 is 0 Å². The molecular weight excluding hydrogens is 510 g/mol. The summed E-state index contributed by atoms with van der Waals surface area (Å²) >= 11 is 1.07. The molecule has 200 valence electrons. The minimum absolute atomic E-state index is 0.0443. The van der Waals surface area contributed by atoms with E-state index in [9.17, 15) is 28.3 Å². The van der Waals surface area contributed by atoms with Gasteiger partial charge in [-0.2, -0.15) is 0 Å². The van der Waals surface area contributed by atoms with Crippen LogP contribution in [-0.2, 0) is 4.79 Å². The highest BCUT2D eigenvalue weighted by molar-refractivity contribution is 7.18. The van der Waals surface area contributed by atoms with Gasteiger partial charge in [0.1, 0.15) is 22.1 Å². The third kappa shape index (κ3) is 5.78. The Labute approximate surface area is 224 Å². The van der Waals surface area contributed by atoms with Crippen LogP contribution in [0, 0.1) is 23.5 Å². The highest BCUT2D eigenvalue weighted by atomic mass is 32.1. The second-order valence-electron chi connectivity index (χ2n) is 10.0. The Balaban J connectivity index is 1.59. The van der Waals surface area contributed by atoms with Crippen LogP contribution in [0.5, 0.6) is 0 Å². The number of amides is 2. The molecule has 3 aromatic rings. The Morgan fingerprint density at radius 2 is 1.61 bits per heavy atom. The highest BCUT2D eigenvalue weighted by Gasteiger charge is 2.33. The Morgan fingerprint density at radius 1 is 1.00 bits per heavy atom. The highest BCUT2D eigenvalue weighted by Crippen LogP contribution is 2.40. The summed E-state index contributed by atoms with van der Waals surface area (Å²) in [5.74, 6) is -3.52. The largest absolute Gasteiger partial charge is 0.477 e. The Kier molecular flexibility index (Phi) is 8.26. The van der Waals surface area contributed by atoms with Gasteiger partial charge in [-0.05, 0) is 81.3 Å². The zero-order valence-corrected chi connectivity index (χ0v) is 22.3. The molecule has 0 saturated heterocycles. The van der Waals surface area contributed by atoms with Gasteiger partial charge in [-0.15, -0.1) is 11.3 Å². The molecular formula is C29H30F2N2O4S. The molecule has 4 rings (SSSR count). The fraction of sp³-hybridized carbons (Fsp3) is 0.345. The van der Waals surface area contributed by atoms with Crippen LogP contribution in [0.1, 0.15) is 66.5 Å². The number of aromatic carboxylic acids is 1. The van der Waals surface area contributed by atoms with Crippen molar-refractivity contribution >= 4 is 40.5 Å². The number of carbonyl (C=O) groups is 3. The summed E-state index contributed by atoms with van der Waals surface area (Å²) in [4.78, 5) is 40.4. The summed E-state index contributed by atoms with van der Waals surface area (Å²) in [6.07, 6.45) is 3.56. The molecule has 1 aliphatic carbocycles. The van der Waals surface area contributed by atoms with Crippen LogP contribution >= 0.6 is 11.3 Å². The molecule has 1 aliphatic rings. The average molecular weight is 541 g/mol. The van der Waals surface area contributed by atoms with E-state index in [1.807, 2.05) is 13.8 Å². The zero-order valence-electron chi connectivity index (χ0n) is 21.5. The molecule has 2 amide bonds. The number of carboxylic acid groups (broad SMARTS) is 1. The lowest BCUT2D eigenvalue weighted by atomic mass is 9.82. The molecule has 1 aromatic heterocycles. The van der Waals surface area contributed by atoms with Crippen LogP contribution in [0.25, 0.3) is 10.4 Å². The minimum atomic E-state index is -1.11. The number of nitrogens with one attached hydrogen (secondary N) is 1. The molecule has 0 unspecified atom stereocenters. The Bertz CT molecular complexity index is 1320. The molecule has 0 bridgehead atoms. The van der Waals surface area contributed by atoms with Gasteiger partial charge in [-0.3, -0.25) is 9.59 Å². The quantitative estimate of drug-likeness (QED) is 0.332. The Morgan fingerprint density at radius 3 is 2.16 bits per heavy atom. The van der Waals surface area contributed by atoms with Gasteiger partial charge in [0.25, 0.3) is 5.91 Å². The van der Waals surface area contributed by atoms with Crippen LogP contribution in [0.15, 0.2) is 48.5 Å². The minimum Gasteiger partial charge on any atom is -0.477 e. The van der Waals surface area contributed by atoms with E-state index in [-0.39, 0.29) is 22.7 Å². The molecule has 9 heteroatoms. The first-order valence-electron chi connectivity index (χ1n) is 12.6. The second kappa shape index (κ2) is 11.4. The molecule has 0 aliphatic heterocycles. The summed E-state index contributed by atoms with van der Waals surface area (Å²) in [6, 6.07) is 11.2. The number of carboxylic acids is 1. The van der Waals surface area contributed by atoms with Gasteiger partial charge in [-0.25, -0.2) is 13.6 Å². The normalized spacial score (nSPS) is 17.3. The SMILES string of the molecule is CC(C)N(c1cc(-c2ccc(NC(=O)c3c(F)cccc3F)cc2)sc1C(=O)O)C(=O)[C@H]1CC[C@H](C)CC1. The molecule has 0 spiro atoms. The van der Waals surface area contributed by atoms with E-state index in [4.69, 9.17) is 0 Å². The fourth-order valence-electron chi connectivity index (χ4n) is 4.84. The summed E-state index contributed by atoms with van der Waals surface area (Å²) in [7, 11) is 0. The molecule has 38 heavy (non-hydrogen) atoms. The molecule has 1 fully saturated rings. The van der Waals surface area contributed by atoms with Gasteiger partial charge in [0, 0.05) is 22.5 Å². The molecule has 2 N–H and O–H groups in total. The van der Waals surface area contributed by atoms with Crippen LogP contribution in [-0.4, -0.2) is 28.9 Å². The van der Waals surface area contributed by atoms with Gasteiger partial charge in [-0.1, -0.05) is 25.1 Å². The summed E-state index contributed by atoms with van der Waals surface area (Å²) < 4.78 is 27.9. The number of hydrogen-bond donors (Lipinski definition) is 2. The van der Waals surface area contributed by atoms with Crippen molar-refractivity contribution in [2.75, 3.05) is 10.2 Å². The first-order valence-corrected chi connectivity index (χ1v) is 13.4. The first kappa shape index (κ1) is 27.4. The van der Waals surface area contributed by atoms with E-state index in [0.29, 0.717) is 27.7 Å². The number of anilines is 2. The monoisotopic (exact) mass is 540 g/mol. The fourth-order valence-corrected chi connectivity index (χ4v) is 5.83. The number of hydrogen-bond acceptors (Lipinski definition) is 4. The van der Waals surface area contributed by atoms with Gasteiger partial charge < -0.3 is 15.3 Å². The van der Waals surface area contributed by atoms with Crippen LogP contribution in [0.4, 0.5) is 20.2 Å². The van der Waals surface area contributed by atoms with E-state index in [0.717, 1.165) is 49.2 Å². The molecule has 2 aromatic carbocycles. The van der Waals surface area contributed by atoms with Crippen molar-refractivity contribution in [3.63, 3.8) is 0 Å². The number of nitrogens with zero attached hydrogens (tertiary/aromatic N) is 1. The number of halogens is 2. The number of carbonyl (C=O) groups excluding carboxylic acids is 2. The Hall–Kier alpha value is -3.59. The first-order chi connectivity index (χ1) is 18.1. The van der Waals surface area contributed by atoms with Crippen molar-refractivity contribution < 1.29 is 28.3 Å². The van der Waals surface area contributed by atoms with Crippen LogP contribution in [0.2, 0.25) is 0 Å². The molecule has 0 atom stereocenters. The van der Waals surface area contributed by atoms with Crippen molar-refractivity contribution in [2.45, 2.75) is 52.5 Å². The predicted molar refractivity (Wildman–Crippen MR) is 145 cm³/mol. The average Bonchev–Trinajstić information content (AvgIpc) is 3.30. The van der Waals surface area contributed by atoms with Crippen LogP contribution < -0.4 is 10.2 Å². The number of benzene rings is 2. The van der Waals surface area contributed by atoms with E-state index in [2.05, 4.69) is 12.2 Å². The lowest BCUT2D eigenvalue weighted by Gasteiger charge is -2.33. The molecule has 1 saturated carbocycles. The second-order valence-corrected chi connectivity index (χ2v) is 11.1. The maximum atomic E-state index is 13.9. The molecule has 0 radical (unpaired) electrons. The topological polar surface area (TPSA) is 86.7 Å². The lowest BCUT2D eigenvalue weighted by molar-refractivity contribution is -0.123. The maximum Gasteiger partial charge on any atom is 0.348 e. The standard InChI is InChI=1S/C29H30F2N2O4S/c1-16(2)33(28(35)19-9-7-17(3)8-10-19)23-15-24(38-26(23)29(36)37)18-11-13-20(14-12-18)32-27(34)25-21(30)5-4-6-22(25)31/h4-6,11-17,19H,7-10H2,1-3H3,(H,32,34)(H,36,37)/t17-,19-. The van der Waals surface area contributed by atoms with Crippen molar-refractivity contribution in [1.29, 1.82) is 0 Å². The van der Waals surface area contributed by atoms with Crippen molar-refractivity contribution in [2.24, 2.45) is 11.8 Å². The van der Waals surface area contributed by atoms with E-state index < -0.39 is 29.1 Å². The number of rotatable bonds is 7. The van der Waals surface area contributed by atoms with Crippen molar-refractivity contribution in [3.05, 3.63) is 70.6 Å². The summed E-state index contributed by atoms with van der Waals surface area (Å²) in [5.41, 5.74) is 0.712. The van der Waals surface area contributed by atoms with Gasteiger partial charge >= 0.3 is 5.97 Å². The van der Waals surface area contributed by atoms with E-state index in [1.165, 1.54) is 6.07 Å². The third-order valence-corrected chi connectivity index (χ3v) is 8.06. The van der Waals surface area contributed by atoms with Gasteiger partial charge in [0.2, 0.25) is 5.91 Å². The van der Waals surface area contributed by atoms with Crippen molar-refractivity contribution in [3.8, 4) is 10.4 Å². The van der Waals surface area contributed by atoms with Crippen LogP contribution in [0.3, 0.4) is 0 Å². The number of thiophene rings is 1. The third-order valence-electron chi connectivity index (χ3n) is 6.90. The smallest absolute Gasteiger partial charge is 0.348 e. The lowest BCUT2D eigenvalue weighted by Crippen LogP contribution is -2.42. The molecule has 6 nitrogen and oxygen atoms in total. The van der Waals surface area contributed by atoms with Gasteiger partial charge in [0.15, 0.2) is 0 Å². The summed E-state index contributed by atoms with van der Waals surface area (Å²) in [5, 5.41) is 12.4.